The number of hydrogen-bond acceptors (Lipinski definition) is 5. The van der Waals surface area contributed by atoms with Gasteiger partial charge < -0.3 is 15.4 Å². The van der Waals surface area contributed by atoms with Crippen LogP contribution in [0.25, 0.3) is 11.5 Å². The van der Waals surface area contributed by atoms with Crippen molar-refractivity contribution < 1.29 is 9.63 Å². The summed E-state index contributed by atoms with van der Waals surface area (Å²) in [5.74, 6) is 0.626. The van der Waals surface area contributed by atoms with Gasteiger partial charge in [-0.2, -0.15) is 4.98 Å². The van der Waals surface area contributed by atoms with Crippen molar-refractivity contribution in [1.29, 1.82) is 0 Å². The Bertz CT molecular complexity index is 470. The summed E-state index contributed by atoms with van der Waals surface area (Å²) in [4.78, 5) is 4.14. The molecule has 2 atom stereocenters. The summed E-state index contributed by atoms with van der Waals surface area (Å²) in [7, 11) is 0. The van der Waals surface area contributed by atoms with E-state index in [0.29, 0.717) is 12.3 Å². The Morgan fingerprint density at radius 1 is 1.35 bits per heavy atom. The summed E-state index contributed by atoms with van der Waals surface area (Å²) in [5.41, 5.74) is 6.55. The molecular formula is C12H15N3O2. The van der Waals surface area contributed by atoms with Crippen LogP contribution in [0.15, 0.2) is 34.9 Å². The first-order valence-electron chi connectivity index (χ1n) is 5.55. The lowest BCUT2D eigenvalue weighted by Crippen LogP contribution is -2.28. The van der Waals surface area contributed by atoms with Crippen molar-refractivity contribution in [1.82, 2.24) is 10.1 Å². The molecule has 0 radical (unpaired) electrons. The zero-order valence-corrected chi connectivity index (χ0v) is 9.58. The zero-order valence-electron chi connectivity index (χ0n) is 9.58. The Kier molecular flexibility index (Phi) is 3.51. The van der Waals surface area contributed by atoms with Gasteiger partial charge >= 0.3 is 0 Å². The van der Waals surface area contributed by atoms with Gasteiger partial charge in [-0.1, -0.05) is 30.3 Å². The lowest BCUT2D eigenvalue weighted by molar-refractivity contribution is 0.132. The van der Waals surface area contributed by atoms with E-state index >= 15 is 0 Å². The smallest absolute Gasteiger partial charge is 0.258 e. The van der Waals surface area contributed by atoms with Crippen LogP contribution in [0.3, 0.4) is 0 Å². The second kappa shape index (κ2) is 5.07. The molecule has 3 N–H and O–H groups in total. The predicted octanol–water partition coefficient (Wildman–Crippen LogP) is 1.51. The van der Waals surface area contributed by atoms with Gasteiger partial charge in [0.25, 0.3) is 5.89 Å². The molecule has 2 rings (SSSR count). The third-order valence-corrected chi connectivity index (χ3v) is 2.60. The lowest BCUT2D eigenvalue weighted by Gasteiger charge is -2.12. The third kappa shape index (κ3) is 2.51. The van der Waals surface area contributed by atoms with Gasteiger partial charge in [-0.3, -0.25) is 0 Å². The van der Waals surface area contributed by atoms with Gasteiger partial charge in [0, 0.05) is 11.6 Å². The fraction of sp³-hybridized carbons (Fsp3) is 0.333. The van der Waals surface area contributed by atoms with Crippen molar-refractivity contribution in [2.24, 2.45) is 5.73 Å². The van der Waals surface area contributed by atoms with E-state index < -0.39 is 6.10 Å². The second-order valence-electron chi connectivity index (χ2n) is 3.84. The highest BCUT2D eigenvalue weighted by molar-refractivity contribution is 5.52. The SMILES string of the molecule is CCC(N)[C@H](O)c1noc(-c2ccccc2)n1. The molecule has 5 nitrogen and oxygen atoms in total. The fourth-order valence-electron chi connectivity index (χ4n) is 1.47. The Morgan fingerprint density at radius 2 is 2.06 bits per heavy atom. The van der Waals surface area contributed by atoms with Gasteiger partial charge in [0.05, 0.1) is 0 Å². The molecule has 1 aromatic carbocycles. The number of rotatable bonds is 4. The Hall–Kier alpha value is -1.72. The summed E-state index contributed by atoms with van der Waals surface area (Å²) in [6.07, 6.45) is -0.239. The number of aromatic nitrogens is 2. The van der Waals surface area contributed by atoms with Crippen LogP contribution in [0.4, 0.5) is 0 Å². The van der Waals surface area contributed by atoms with E-state index in [2.05, 4.69) is 10.1 Å². The summed E-state index contributed by atoms with van der Waals surface area (Å²) in [6, 6.07) is 9.02. The van der Waals surface area contributed by atoms with E-state index in [0.717, 1.165) is 5.56 Å². The van der Waals surface area contributed by atoms with Crippen LogP contribution in [0, 0.1) is 0 Å². The molecular weight excluding hydrogens is 218 g/mol. The standard InChI is InChI=1S/C12H15N3O2/c1-2-9(13)10(16)11-14-12(17-15-11)8-6-4-3-5-7-8/h3-7,9-10,16H,2,13H2,1H3/t9?,10-/m0/s1. The highest BCUT2D eigenvalue weighted by Crippen LogP contribution is 2.20. The van der Waals surface area contributed by atoms with Crippen molar-refractivity contribution in [3.05, 3.63) is 36.2 Å². The van der Waals surface area contributed by atoms with E-state index in [9.17, 15) is 5.11 Å². The maximum Gasteiger partial charge on any atom is 0.258 e. The normalized spacial score (nSPS) is 14.5. The molecule has 0 bridgehead atoms. The van der Waals surface area contributed by atoms with Crippen LogP contribution in [0.2, 0.25) is 0 Å². The summed E-state index contributed by atoms with van der Waals surface area (Å²) < 4.78 is 5.09. The molecule has 90 valence electrons. The number of hydrogen-bond donors (Lipinski definition) is 2. The van der Waals surface area contributed by atoms with Gasteiger partial charge in [-0.15, -0.1) is 0 Å². The monoisotopic (exact) mass is 233 g/mol. The zero-order chi connectivity index (χ0) is 12.3. The molecule has 0 saturated carbocycles. The molecule has 0 amide bonds. The molecule has 2 aromatic rings. The Balaban J connectivity index is 2.22. The number of aliphatic hydroxyl groups is 1. The van der Waals surface area contributed by atoms with E-state index in [1.54, 1.807) is 0 Å². The topological polar surface area (TPSA) is 85.2 Å². The summed E-state index contributed by atoms with van der Waals surface area (Å²) >= 11 is 0. The van der Waals surface area contributed by atoms with Gasteiger partial charge in [0.2, 0.25) is 5.82 Å². The minimum Gasteiger partial charge on any atom is -0.383 e. The Labute approximate surface area is 99.3 Å². The number of benzene rings is 1. The molecule has 0 aliphatic heterocycles. The Morgan fingerprint density at radius 3 is 2.71 bits per heavy atom. The highest BCUT2D eigenvalue weighted by atomic mass is 16.5. The second-order valence-corrected chi connectivity index (χ2v) is 3.84. The first-order chi connectivity index (χ1) is 8.22. The van der Waals surface area contributed by atoms with Crippen LogP contribution < -0.4 is 5.73 Å². The van der Waals surface area contributed by atoms with Crippen molar-refractivity contribution in [3.63, 3.8) is 0 Å². The first-order valence-corrected chi connectivity index (χ1v) is 5.55. The molecule has 0 saturated heterocycles. The van der Waals surface area contributed by atoms with E-state index in [4.69, 9.17) is 10.3 Å². The largest absolute Gasteiger partial charge is 0.383 e. The average Bonchev–Trinajstić information content (AvgIpc) is 2.87. The minimum atomic E-state index is -0.888. The third-order valence-electron chi connectivity index (χ3n) is 2.60. The molecule has 0 aliphatic carbocycles. The van der Waals surface area contributed by atoms with Crippen LogP contribution >= 0.6 is 0 Å². The molecule has 0 spiro atoms. The van der Waals surface area contributed by atoms with Crippen molar-refractivity contribution in [2.45, 2.75) is 25.5 Å². The maximum absolute atomic E-state index is 9.84. The van der Waals surface area contributed by atoms with Crippen LogP contribution in [0.1, 0.15) is 25.3 Å². The first kappa shape index (κ1) is 11.8. The molecule has 0 fully saturated rings. The molecule has 1 heterocycles. The minimum absolute atomic E-state index is 0.234. The number of nitrogens with zero attached hydrogens (tertiary/aromatic N) is 2. The van der Waals surface area contributed by atoms with Crippen molar-refractivity contribution in [3.8, 4) is 11.5 Å². The maximum atomic E-state index is 9.84. The van der Waals surface area contributed by atoms with Gasteiger partial charge in [-0.05, 0) is 18.6 Å². The van der Waals surface area contributed by atoms with Crippen molar-refractivity contribution >= 4 is 0 Å². The molecule has 0 aliphatic rings. The van der Waals surface area contributed by atoms with E-state index in [1.807, 2.05) is 37.3 Å². The molecule has 1 unspecified atom stereocenters. The van der Waals surface area contributed by atoms with Gasteiger partial charge in [0.15, 0.2) is 0 Å². The van der Waals surface area contributed by atoms with Crippen LogP contribution in [-0.4, -0.2) is 21.3 Å². The van der Waals surface area contributed by atoms with Crippen molar-refractivity contribution in [2.75, 3.05) is 0 Å². The van der Waals surface area contributed by atoms with Gasteiger partial charge in [-0.25, -0.2) is 0 Å². The number of nitrogens with two attached hydrogens (primary N) is 1. The quantitative estimate of drug-likeness (QED) is 0.836. The van der Waals surface area contributed by atoms with E-state index in [1.165, 1.54) is 0 Å². The predicted molar refractivity (Wildman–Crippen MR) is 63.0 cm³/mol. The average molecular weight is 233 g/mol. The fourth-order valence-corrected chi connectivity index (χ4v) is 1.47. The summed E-state index contributed by atoms with van der Waals surface area (Å²) in [6.45, 7) is 1.89. The highest BCUT2D eigenvalue weighted by Gasteiger charge is 2.21. The van der Waals surface area contributed by atoms with Crippen LogP contribution in [-0.2, 0) is 0 Å². The van der Waals surface area contributed by atoms with E-state index in [-0.39, 0.29) is 11.9 Å². The summed E-state index contributed by atoms with van der Waals surface area (Å²) in [5, 5.41) is 13.6. The van der Waals surface area contributed by atoms with Crippen LogP contribution in [0.5, 0.6) is 0 Å². The molecule has 1 aromatic heterocycles. The number of aliphatic hydroxyl groups excluding tert-OH is 1. The molecule has 17 heavy (non-hydrogen) atoms. The lowest BCUT2D eigenvalue weighted by atomic mass is 10.1. The van der Waals surface area contributed by atoms with Gasteiger partial charge in [0.1, 0.15) is 6.10 Å². The molecule has 5 heteroatoms.